The summed E-state index contributed by atoms with van der Waals surface area (Å²) in [5.41, 5.74) is 0.655. The van der Waals surface area contributed by atoms with Crippen LogP contribution in [0.4, 0.5) is 5.69 Å². The largest absolute Gasteiger partial charge is 0.488 e. The Morgan fingerprint density at radius 1 is 1.18 bits per heavy atom. The second-order valence-corrected chi connectivity index (χ2v) is 6.81. The molecule has 2 atom stereocenters. The van der Waals surface area contributed by atoms with Gasteiger partial charge >= 0.3 is 0 Å². The maximum atomic E-state index is 10.7. The summed E-state index contributed by atoms with van der Waals surface area (Å²) in [5, 5.41) is 19.6. The lowest BCUT2D eigenvalue weighted by atomic mass is 10.2. The number of non-ortho nitro benzene ring substituents is 1. The maximum absolute atomic E-state index is 10.7. The summed E-state index contributed by atoms with van der Waals surface area (Å²) in [4.78, 5) is 11.4. The molecular formula is C19H20ClN4O4+. The molecule has 0 fully saturated rings. The van der Waals surface area contributed by atoms with Gasteiger partial charge in [-0.25, -0.2) is 0 Å². The van der Waals surface area contributed by atoms with E-state index in [1.165, 1.54) is 12.1 Å². The molecule has 0 spiro atoms. The molecule has 146 valence electrons. The van der Waals surface area contributed by atoms with E-state index in [4.69, 9.17) is 20.8 Å². The molecule has 1 aromatic heterocycles. The lowest BCUT2D eigenvalue weighted by molar-refractivity contribution is -0.911. The van der Waals surface area contributed by atoms with Gasteiger partial charge in [0.1, 0.15) is 18.9 Å². The molecule has 3 aromatic rings. The molecule has 0 amide bonds. The van der Waals surface area contributed by atoms with E-state index in [0.717, 1.165) is 17.2 Å². The van der Waals surface area contributed by atoms with Gasteiger partial charge in [-0.1, -0.05) is 11.6 Å². The predicted octanol–water partition coefficient (Wildman–Crippen LogP) is 2.95. The van der Waals surface area contributed by atoms with Crippen molar-refractivity contribution in [2.24, 2.45) is 0 Å². The smallest absolute Gasteiger partial charge is 0.274 e. The van der Waals surface area contributed by atoms with Crippen molar-refractivity contribution in [2.75, 3.05) is 20.2 Å². The Labute approximate surface area is 166 Å². The highest BCUT2D eigenvalue weighted by atomic mass is 35.5. The van der Waals surface area contributed by atoms with Crippen LogP contribution in [0.25, 0.3) is 11.5 Å². The number of likely N-dealkylation sites (N-methyl/N-ethyl adjacent to an activating group) is 1. The lowest BCUT2D eigenvalue weighted by Gasteiger charge is -2.18. The molecule has 8 nitrogen and oxygen atoms in total. The topological polar surface area (TPSA) is 95.7 Å². The summed E-state index contributed by atoms with van der Waals surface area (Å²) in [6, 6.07) is 13.2. The fourth-order valence-corrected chi connectivity index (χ4v) is 2.67. The average Bonchev–Trinajstić information content (AvgIpc) is 3.19. The first-order chi connectivity index (χ1) is 13.4. The number of quaternary nitrogens is 1. The van der Waals surface area contributed by atoms with Crippen LogP contribution in [0.15, 0.2) is 52.9 Å². The predicted molar refractivity (Wildman–Crippen MR) is 104 cm³/mol. The summed E-state index contributed by atoms with van der Waals surface area (Å²) in [7, 11) is 2.02. The van der Waals surface area contributed by atoms with Crippen molar-refractivity contribution in [1.82, 2.24) is 10.2 Å². The highest BCUT2D eigenvalue weighted by molar-refractivity contribution is 6.30. The van der Waals surface area contributed by atoms with E-state index in [9.17, 15) is 10.1 Å². The van der Waals surface area contributed by atoms with Crippen molar-refractivity contribution >= 4 is 17.3 Å². The summed E-state index contributed by atoms with van der Waals surface area (Å²) < 4.78 is 11.5. The van der Waals surface area contributed by atoms with Crippen LogP contribution in [0.3, 0.4) is 0 Å². The molecule has 1 N–H and O–H groups in total. The Morgan fingerprint density at radius 2 is 1.86 bits per heavy atom. The fourth-order valence-electron chi connectivity index (χ4n) is 2.54. The van der Waals surface area contributed by atoms with Crippen LogP contribution in [0, 0.1) is 10.1 Å². The molecule has 0 bridgehead atoms. The van der Waals surface area contributed by atoms with E-state index in [0.29, 0.717) is 29.0 Å². The minimum absolute atomic E-state index is 0.0155. The number of nitro groups is 1. The summed E-state index contributed by atoms with van der Waals surface area (Å²) in [5.74, 6) is 1.60. The minimum Gasteiger partial charge on any atom is -0.488 e. The number of benzene rings is 2. The second kappa shape index (κ2) is 8.81. The van der Waals surface area contributed by atoms with Gasteiger partial charge < -0.3 is 14.1 Å². The summed E-state index contributed by atoms with van der Waals surface area (Å²) >= 11 is 5.86. The quantitative estimate of drug-likeness (QED) is 0.459. The number of hydrogen-bond donors (Lipinski definition) is 1. The van der Waals surface area contributed by atoms with E-state index in [2.05, 4.69) is 10.2 Å². The summed E-state index contributed by atoms with van der Waals surface area (Å²) in [6.45, 7) is 3.25. The molecule has 0 aliphatic carbocycles. The zero-order valence-electron chi connectivity index (χ0n) is 15.5. The van der Waals surface area contributed by atoms with Gasteiger partial charge in [-0.2, -0.15) is 0 Å². The first-order valence-corrected chi connectivity index (χ1v) is 9.10. The van der Waals surface area contributed by atoms with Crippen LogP contribution in [-0.4, -0.2) is 35.3 Å². The maximum Gasteiger partial charge on any atom is 0.274 e. The van der Waals surface area contributed by atoms with Gasteiger partial charge in [0.2, 0.25) is 5.89 Å². The molecule has 0 saturated heterocycles. The van der Waals surface area contributed by atoms with Crippen molar-refractivity contribution in [1.29, 1.82) is 0 Å². The van der Waals surface area contributed by atoms with Crippen LogP contribution in [0.5, 0.6) is 5.75 Å². The molecule has 3 rings (SSSR count). The molecule has 0 aliphatic heterocycles. The molecule has 0 aliphatic rings. The van der Waals surface area contributed by atoms with Crippen molar-refractivity contribution in [3.05, 3.63) is 69.6 Å². The number of ether oxygens (including phenoxy) is 1. The molecule has 28 heavy (non-hydrogen) atoms. The Balaban J connectivity index is 1.57. The zero-order chi connectivity index (χ0) is 20.1. The molecule has 1 heterocycles. The molecular weight excluding hydrogens is 384 g/mol. The molecule has 9 heteroatoms. The van der Waals surface area contributed by atoms with Crippen LogP contribution >= 0.6 is 11.6 Å². The van der Waals surface area contributed by atoms with Crippen LogP contribution < -0.4 is 9.64 Å². The van der Waals surface area contributed by atoms with E-state index < -0.39 is 4.92 Å². The molecule has 2 aromatic carbocycles. The second-order valence-electron chi connectivity index (χ2n) is 6.37. The van der Waals surface area contributed by atoms with E-state index in [1.54, 1.807) is 24.3 Å². The number of aromatic nitrogens is 2. The van der Waals surface area contributed by atoms with Gasteiger partial charge in [-0.15, -0.1) is 10.2 Å². The van der Waals surface area contributed by atoms with Gasteiger partial charge in [0, 0.05) is 22.7 Å². The zero-order valence-corrected chi connectivity index (χ0v) is 16.2. The fraction of sp³-hybridized carbons (Fsp3) is 0.263. The Bertz CT molecular complexity index is 928. The molecule has 0 saturated carbocycles. The Morgan fingerprint density at radius 3 is 2.50 bits per heavy atom. The monoisotopic (exact) mass is 403 g/mol. The van der Waals surface area contributed by atoms with E-state index >= 15 is 0 Å². The SMILES string of the molecule is C[C@@H](c1nnc(-c2ccc([N+](=O)[O-])cc2)o1)[NH+](C)CCOc1ccc(Cl)cc1. The normalized spacial score (nSPS) is 13.1. The van der Waals surface area contributed by atoms with Crippen LogP contribution in [0.1, 0.15) is 18.9 Å². The van der Waals surface area contributed by atoms with Crippen molar-refractivity contribution < 1.29 is 19.0 Å². The van der Waals surface area contributed by atoms with Crippen molar-refractivity contribution in [3.8, 4) is 17.2 Å². The van der Waals surface area contributed by atoms with E-state index in [1.807, 2.05) is 26.1 Å². The van der Waals surface area contributed by atoms with Gasteiger partial charge in [-0.05, 0) is 43.3 Å². The highest BCUT2D eigenvalue weighted by Crippen LogP contribution is 2.22. The Hall–Kier alpha value is -2.97. The van der Waals surface area contributed by atoms with Gasteiger partial charge in [0.15, 0.2) is 6.04 Å². The van der Waals surface area contributed by atoms with Crippen molar-refractivity contribution in [3.63, 3.8) is 0 Å². The number of nitrogens with zero attached hydrogens (tertiary/aromatic N) is 3. The summed E-state index contributed by atoms with van der Waals surface area (Å²) in [6.07, 6.45) is 0. The number of hydrogen-bond acceptors (Lipinski definition) is 6. The number of nitro benzene ring substituents is 1. The van der Waals surface area contributed by atoms with E-state index in [-0.39, 0.29) is 11.7 Å². The van der Waals surface area contributed by atoms with Crippen LogP contribution in [0.2, 0.25) is 5.02 Å². The molecule has 0 radical (unpaired) electrons. The lowest BCUT2D eigenvalue weighted by Crippen LogP contribution is -3.09. The number of halogens is 1. The molecule has 1 unspecified atom stereocenters. The number of nitrogens with one attached hydrogen (secondary N) is 1. The number of rotatable bonds is 8. The highest BCUT2D eigenvalue weighted by Gasteiger charge is 2.22. The minimum atomic E-state index is -0.449. The third kappa shape index (κ3) is 4.85. The first-order valence-electron chi connectivity index (χ1n) is 8.73. The van der Waals surface area contributed by atoms with Crippen LogP contribution in [-0.2, 0) is 0 Å². The standard InChI is InChI=1S/C19H19ClN4O4/c1-13(23(2)11-12-27-17-9-5-15(20)6-10-17)18-21-22-19(28-18)14-3-7-16(8-4-14)24(25)26/h3-10,13H,11-12H2,1-2H3/p+1/t13-/m0/s1. The Kier molecular flexibility index (Phi) is 6.23. The third-order valence-electron chi connectivity index (χ3n) is 4.45. The van der Waals surface area contributed by atoms with Gasteiger partial charge in [-0.3, -0.25) is 10.1 Å². The average molecular weight is 404 g/mol. The third-order valence-corrected chi connectivity index (χ3v) is 4.71. The van der Waals surface area contributed by atoms with Crippen molar-refractivity contribution in [2.45, 2.75) is 13.0 Å². The first kappa shape index (κ1) is 19.8. The van der Waals surface area contributed by atoms with Gasteiger partial charge in [0.25, 0.3) is 11.6 Å². The van der Waals surface area contributed by atoms with Gasteiger partial charge in [0.05, 0.1) is 12.0 Å².